The van der Waals surface area contributed by atoms with Crippen LogP contribution in [0.25, 0.3) is 10.6 Å². The van der Waals surface area contributed by atoms with E-state index in [1.807, 2.05) is 25.2 Å². The molecule has 26 heavy (non-hydrogen) atoms. The molecule has 0 amide bonds. The third-order valence-electron chi connectivity index (χ3n) is 4.64. The minimum absolute atomic E-state index is 0. The first-order valence-electron chi connectivity index (χ1n) is 8.98. The van der Waals surface area contributed by atoms with Crippen molar-refractivity contribution in [1.29, 1.82) is 0 Å². The third kappa shape index (κ3) is 5.65. The van der Waals surface area contributed by atoms with Crippen LogP contribution in [0.1, 0.15) is 25.5 Å². The predicted octanol–water partition coefficient (Wildman–Crippen LogP) is 3.58. The molecule has 0 aliphatic carbocycles. The summed E-state index contributed by atoms with van der Waals surface area (Å²) in [6, 6.07) is 10.9. The van der Waals surface area contributed by atoms with Gasteiger partial charge in [-0.05, 0) is 25.9 Å². The SMILES string of the molecule is CCN1CCCC1CNC(=NC)NCc1csc(-c2ccccc2)n1.I. The number of thiazole rings is 1. The summed E-state index contributed by atoms with van der Waals surface area (Å²) in [5, 5.41) is 10.00. The second-order valence-corrected chi connectivity index (χ2v) is 7.10. The van der Waals surface area contributed by atoms with E-state index in [0.717, 1.165) is 29.8 Å². The molecule has 7 heteroatoms. The minimum Gasteiger partial charge on any atom is -0.355 e. The molecule has 2 heterocycles. The summed E-state index contributed by atoms with van der Waals surface area (Å²) in [7, 11) is 1.82. The van der Waals surface area contributed by atoms with Crippen molar-refractivity contribution in [2.75, 3.05) is 26.7 Å². The van der Waals surface area contributed by atoms with Gasteiger partial charge < -0.3 is 10.6 Å². The molecule has 1 aromatic heterocycles. The van der Waals surface area contributed by atoms with Crippen molar-refractivity contribution in [2.24, 2.45) is 4.99 Å². The standard InChI is InChI=1S/C19H27N5S.HI/c1-3-24-11-7-10-17(24)13-22-19(20-2)21-12-16-14-25-18(23-16)15-8-5-4-6-9-15;/h4-6,8-9,14,17H,3,7,10-13H2,1-2H3,(H2,20,21,22);1H. The van der Waals surface area contributed by atoms with Crippen molar-refractivity contribution >= 4 is 41.3 Å². The number of aromatic nitrogens is 1. The summed E-state index contributed by atoms with van der Waals surface area (Å²) in [4.78, 5) is 11.6. The van der Waals surface area contributed by atoms with Crippen LogP contribution >= 0.6 is 35.3 Å². The van der Waals surface area contributed by atoms with E-state index in [-0.39, 0.29) is 24.0 Å². The lowest BCUT2D eigenvalue weighted by atomic mass is 10.2. The summed E-state index contributed by atoms with van der Waals surface area (Å²) >= 11 is 1.68. The van der Waals surface area contributed by atoms with E-state index in [1.165, 1.54) is 24.9 Å². The normalized spacial score (nSPS) is 17.8. The van der Waals surface area contributed by atoms with Crippen LogP contribution in [-0.4, -0.2) is 48.6 Å². The number of likely N-dealkylation sites (tertiary alicyclic amines) is 1. The molecule has 5 nitrogen and oxygen atoms in total. The Balaban J connectivity index is 0.00000243. The quantitative estimate of drug-likeness (QED) is 0.373. The molecular weight excluding hydrogens is 457 g/mol. The summed E-state index contributed by atoms with van der Waals surface area (Å²) in [5.74, 6) is 0.845. The number of rotatable bonds is 6. The Morgan fingerprint density at radius 2 is 2.12 bits per heavy atom. The molecule has 0 spiro atoms. The van der Waals surface area contributed by atoms with Gasteiger partial charge in [-0.2, -0.15) is 0 Å². The molecular formula is C19H28IN5S. The Labute approximate surface area is 177 Å². The fraction of sp³-hybridized carbons (Fsp3) is 0.474. The molecule has 3 rings (SSSR count). The Bertz CT molecular complexity index is 688. The molecule has 0 radical (unpaired) electrons. The smallest absolute Gasteiger partial charge is 0.191 e. The van der Waals surface area contributed by atoms with E-state index in [4.69, 9.17) is 4.98 Å². The summed E-state index contributed by atoms with van der Waals surface area (Å²) in [5.41, 5.74) is 2.21. The lowest BCUT2D eigenvalue weighted by molar-refractivity contribution is 0.267. The average Bonchev–Trinajstić information content (AvgIpc) is 3.31. The van der Waals surface area contributed by atoms with Gasteiger partial charge in [-0.3, -0.25) is 9.89 Å². The van der Waals surface area contributed by atoms with E-state index in [9.17, 15) is 0 Å². The van der Waals surface area contributed by atoms with Gasteiger partial charge in [0, 0.05) is 30.6 Å². The Morgan fingerprint density at radius 3 is 2.85 bits per heavy atom. The van der Waals surface area contributed by atoms with Gasteiger partial charge in [0.25, 0.3) is 0 Å². The zero-order valence-electron chi connectivity index (χ0n) is 15.4. The van der Waals surface area contributed by atoms with Gasteiger partial charge in [-0.1, -0.05) is 37.3 Å². The van der Waals surface area contributed by atoms with Crippen LogP contribution in [0.15, 0.2) is 40.7 Å². The van der Waals surface area contributed by atoms with Gasteiger partial charge in [0.05, 0.1) is 12.2 Å². The van der Waals surface area contributed by atoms with Gasteiger partial charge in [-0.15, -0.1) is 35.3 Å². The second kappa shape index (κ2) is 10.8. The van der Waals surface area contributed by atoms with Crippen molar-refractivity contribution in [2.45, 2.75) is 32.4 Å². The van der Waals surface area contributed by atoms with Crippen LogP contribution in [0.5, 0.6) is 0 Å². The first-order valence-corrected chi connectivity index (χ1v) is 9.86. The number of guanidine groups is 1. The molecule has 1 atom stereocenters. The van der Waals surface area contributed by atoms with Crippen LogP contribution < -0.4 is 10.6 Å². The van der Waals surface area contributed by atoms with E-state index < -0.39 is 0 Å². The Morgan fingerprint density at radius 1 is 1.31 bits per heavy atom. The second-order valence-electron chi connectivity index (χ2n) is 6.24. The topological polar surface area (TPSA) is 52.5 Å². The van der Waals surface area contributed by atoms with E-state index in [1.54, 1.807) is 11.3 Å². The maximum Gasteiger partial charge on any atom is 0.191 e. The van der Waals surface area contributed by atoms with Crippen LogP contribution in [0, 0.1) is 0 Å². The van der Waals surface area contributed by atoms with Crippen molar-refractivity contribution in [1.82, 2.24) is 20.5 Å². The van der Waals surface area contributed by atoms with Crippen molar-refractivity contribution in [3.63, 3.8) is 0 Å². The highest BCUT2D eigenvalue weighted by atomic mass is 127. The highest BCUT2D eigenvalue weighted by molar-refractivity contribution is 14.0. The number of nitrogens with one attached hydrogen (secondary N) is 2. The zero-order chi connectivity index (χ0) is 17.5. The molecule has 1 fully saturated rings. The molecule has 2 aromatic rings. The monoisotopic (exact) mass is 485 g/mol. The third-order valence-corrected chi connectivity index (χ3v) is 5.58. The molecule has 1 aliphatic rings. The number of hydrogen-bond acceptors (Lipinski definition) is 4. The van der Waals surface area contributed by atoms with Gasteiger partial charge in [0.1, 0.15) is 5.01 Å². The molecule has 2 N–H and O–H groups in total. The van der Waals surface area contributed by atoms with Gasteiger partial charge in [0.15, 0.2) is 5.96 Å². The summed E-state index contributed by atoms with van der Waals surface area (Å²) in [6.07, 6.45) is 2.57. The molecule has 0 saturated carbocycles. The van der Waals surface area contributed by atoms with Crippen molar-refractivity contribution in [3.8, 4) is 10.6 Å². The Hall–Kier alpha value is -1.19. The molecule has 1 unspecified atom stereocenters. The summed E-state index contributed by atoms with van der Waals surface area (Å²) in [6.45, 7) is 6.21. The van der Waals surface area contributed by atoms with Crippen molar-refractivity contribution < 1.29 is 0 Å². The maximum atomic E-state index is 4.71. The first kappa shape index (κ1) is 21.1. The van der Waals surface area contributed by atoms with E-state index >= 15 is 0 Å². The molecule has 1 aliphatic heterocycles. The van der Waals surface area contributed by atoms with Crippen LogP contribution in [0.3, 0.4) is 0 Å². The molecule has 0 bridgehead atoms. The van der Waals surface area contributed by atoms with Crippen LogP contribution in [0.2, 0.25) is 0 Å². The number of benzene rings is 1. The Kier molecular flexibility index (Phi) is 8.80. The largest absolute Gasteiger partial charge is 0.355 e. The van der Waals surface area contributed by atoms with Gasteiger partial charge >= 0.3 is 0 Å². The fourth-order valence-corrected chi connectivity index (χ4v) is 4.08. The van der Waals surface area contributed by atoms with Gasteiger partial charge in [0.2, 0.25) is 0 Å². The van der Waals surface area contributed by atoms with E-state index in [2.05, 4.69) is 45.0 Å². The van der Waals surface area contributed by atoms with Crippen molar-refractivity contribution in [3.05, 3.63) is 41.4 Å². The number of hydrogen-bond donors (Lipinski definition) is 2. The average molecular weight is 485 g/mol. The number of halogens is 1. The first-order chi connectivity index (χ1) is 12.3. The molecule has 142 valence electrons. The number of likely N-dealkylation sites (N-methyl/N-ethyl adjacent to an activating group) is 1. The predicted molar refractivity (Wildman–Crippen MR) is 121 cm³/mol. The maximum absolute atomic E-state index is 4.71. The lowest BCUT2D eigenvalue weighted by Gasteiger charge is -2.23. The van der Waals surface area contributed by atoms with E-state index in [0.29, 0.717) is 12.6 Å². The number of nitrogens with zero attached hydrogens (tertiary/aromatic N) is 3. The molecule has 1 aromatic carbocycles. The highest BCUT2D eigenvalue weighted by Crippen LogP contribution is 2.23. The fourth-order valence-electron chi connectivity index (χ4n) is 3.25. The zero-order valence-corrected chi connectivity index (χ0v) is 18.6. The van der Waals surface area contributed by atoms with Gasteiger partial charge in [-0.25, -0.2) is 4.98 Å². The summed E-state index contributed by atoms with van der Waals surface area (Å²) < 4.78 is 0. The van der Waals surface area contributed by atoms with Crippen LogP contribution in [0.4, 0.5) is 0 Å². The highest BCUT2D eigenvalue weighted by Gasteiger charge is 2.22. The molecule has 1 saturated heterocycles. The minimum atomic E-state index is 0. The van der Waals surface area contributed by atoms with Crippen LogP contribution in [-0.2, 0) is 6.54 Å². The number of aliphatic imine (C=N–C) groups is 1. The lowest BCUT2D eigenvalue weighted by Crippen LogP contribution is -2.44.